The zero-order valence-electron chi connectivity index (χ0n) is 12.7. The fourth-order valence-corrected chi connectivity index (χ4v) is 2.35. The van der Waals surface area contributed by atoms with Crippen LogP contribution in [0.2, 0.25) is 0 Å². The van der Waals surface area contributed by atoms with E-state index in [2.05, 4.69) is 48.3 Å². The maximum atomic E-state index is 5.96. The summed E-state index contributed by atoms with van der Waals surface area (Å²) in [4.78, 5) is 2.44. The molecule has 0 radical (unpaired) electrons. The summed E-state index contributed by atoms with van der Waals surface area (Å²) in [5.74, 6) is 1.01. The van der Waals surface area contributed by atoms with Crippen molar-refractivity contribution in [3.05, 3.63) is 41.5 Å². The Morgan fingerprint density at radius 3 is 2.90 bits per heavy atom. The molecule has 0 spiro atoms. The Kier molecular flexibility index (Phi) is 6.09. The largest absolute Gasteiger partial charge is 0.492 e. The second-order valence-electron chi connectivity index (χ2n) is 5.34. The Hall–Kier alpha value is -1.32. The highest BCUT2D eigenvalue weighted by Gasteiger charge is 2.09. The van der Waals surface area contributed by atoms with Gasteiger partial charge in [0.1, 0.15) is 12.4 Å². The predicted octanol–water partition coefficient (Wildman–Crippen LogP) is 2.83. The van der Waals surface area contributed by atoms with E-state index in [-0.39, 0.29) is 0 Å². The quantitative estimate of drug-likeness (QED) is 0.774. The van der Waals surface area contributed by atoms with E-state index >= 15 is 0 Å². The number of rotatable bonds is 7. The highest BCUT2D eigenvalue weighted by molar-refractivity contribution is 5.33. The Bertz CT molecular complexity index is 442. The summed E-state index contributed by atoms with van der Waals surface area (Å²) >= 11 is 0. The summed E-state index contributed by atoms with van der Waals surface area (Å²) < 4.78 is 5.96. The third-order valence-corrected chi connectivity index (χ3v) is 3.72. The van der Waals surface area contributed by atoms with Crippen molar-refractivity contribution in [3.8, 4) is 5.75 Å². The first kappa shape index (κ1) is 15.1. The van der Waals surface area contributed by atoms with E-state index in [0.29, 0.717) is 0 Å². The molecule has 0 amide bonds. The number of nitrogens with zero attached hydrogens (tertiary/aromatic N) is 1. The summed E-state index contributed by atoms with van der Waals surface area (Å²) in [6, 6.07) is 8.30. The van der Waals surface area contributed by atoms with Crippen molar-refractivity contribution in [1.29, 1.82) is 0 Å². The molecule has 1 aromatic rings. The number of hydrogen-bond acceptors (Lipinski definition) is 3. The molecule has 110 valence electrons. The molecule has 0 saturated heterocycles. The van der Waals surface area contributed by atoms with Crippen molar-refractivity contribution in [2.24, 2.45) is 0 Å². The average molecular weight is 274 g/mol. The lowest BCUT2D eigenvalue weighted by Crippen LogP contribution is -2.32. The van der Waals surface area contributed by atoms with Gasteiger partial charge in [-0.05, 0) is 26.0 Å². The molecule has 0 atom stereocenters. The minimum Gasteiger partial charge on any atom is -0.492 e. The molecule has 0 unspecified atom stereocenters. The van der Waals surface area contributed by atoms with Crippen LogP contribution in [0.1, 0.15) is 25.8 Å². The minimum absolute atomic E-state index is 0.760. The molecule has 1 heterocycles. The topological polar surface area (TPSA) is 24.5 Å². The lowest BCUT2D eigenvalue weighted by atomic mass is 10.1. The molecule has 1 aliphatic heterocycles. The Labute approximate surface area is 122 Å². The van der Waals surface area contributed by atoms with E-state index in [9.17, 15) is 0 Å². The Morgan fingerprint density at radius 2 is 2.15 bits per heavy atom. The van der Waals surface area contributed by atoms with Gasteiger partial charge in [0, 0.05) is 31.7 Å². The van der Waals surface area contributed by atoms with Crippen molar-refractivity contribution >= 4 is 0 Å². The van der Waals surface area contributed by atoms with Gasteiger partial charge >= 0.3 is 0 Å². The van der Waals surface area contributed by atoms with Gasteiger partial charge in [0.2, 0.25) is 0 Å². The van der Waals surface area contributed by atoms with Gasteiger partial charge in [-0.1, -0.05) is 36.8 Å². The van der Waals surface area contributed by atoms with Crippen LogP contribution in [0.5, 0.6) is 5.75 Å². The first-order valence-electron chi connectivity index (χ1n) is 7.59. The van der Waals surface area contributed by atoms with Crippen molar-refractivity contribution in [1.82, 2.24) is 10.2 Å². The molecule has 0 aromatic heterocycles. The van der Waals surface area contributed by atoms with Gasteiger partial charge in [0.05, 0.1) is 0 Å². The Morgan fingerprint density at radius 1 is 1.30 bits per heavy atom. The third kappa shape index (κ3) is 4.66. The molecular weight excluding hydrogens is 248 g/mol. The van der Waals surface area contributed by atoms with Gasteiger partial charge in [0.15, 0.2) is 0 Å². The molecule has 0 saturated carbocycles. The fraction of sp³-hybridized carbons (Fsp3) is 0.529. The van der Waals surface area contributed by atoms with Crippen molar-refractivity contribution in [2.75, 3.05) is 32.8 Å². The van der Waals surface area contributed by atoms with Crippen LogP contribution in [0.3, 0.4) is 0 Å². The number of hydrogen-bond donors (Lipinski definition) is 1. The molecule has 1 aromatic carbocycles. The molecule has 3 nitrogen and oxygen atoms in total. The molecule has 20 heavy (non-hydrogen) atoms. The monoisotopic (exact) mass is 274 g/mol. The number of benzene rings is 1. The molecule has 0 aliphatic carbocycles. The lowest BCUT2D eigenvalue weighted by molar-refractivity contribution is 0.217. The molecule has 0 bridgehead atoms. The van der Waals surface area contributed by atoms with Crippen LogP contribution in [0, 0.1) is 0 Å². The van der Waals surface area contributed by atoms with E-state index in [1.165, 1.54) is 17.6 Å². The van der Waals surface area contributed by atoms with Crippen LogP contribution in [0.15, 0.2) is 35.9 Å². The van der Waals surface area contributed by atoms with Crippen LogP contribution in [-0.4, -0.2) is 37.7 Å². The van der Waals surface area contributed by atoms with Gasteiger partial charge in [-0.25, -0.2) is 0 Å². The number of nitrogens with one attached hydrogen (secondary N) is 1. The average Bonchev–Trinajstić information content (AvgIpc) is 2.48. The summed E-state index contributed by atoms with van der Waals surface area (Å²) in [5, 5.41) is 3.35. The zero-order valence-corrected chi connectivity index (χ0v) is 12.7. The van der Waals surface area contributed by atoms with Crippen LogP contribution < -0.4 is 10.1 Å². The molecule has 0 fully saturated rings. The van der Waals surface area contributed by atoms with E-state index in [0.717, 1.165) is 45.1 Å². The third-order valence-electron chi connectivity index (χ3n) is 3.72. The maximum Gasteiger partial charge on any atom is 0.123 e. The van der Waals surface area contributed by atoms with Crippen molar-refractivity contribution < 1.29 is 4.74 Å². The zero-order chi connectivity index (χ0) is 14.2. The van der Waals surface area contributed by atoms with Gasteiger partial charge in [-0.3, -0.25) is 4.90 Å². The second kappa shape index (κ2) is 8.08. The molecule has 1 aliphatic rings. The highest BCUT2D eigenvalue weighted by Crippen LogP contribution is 2.18. The Balaban J connectivity index is 1.79. The minimum atomic E-state index is 0.760. The SMILES string of the molecule is CCNCc1ccccc1OCCN1CC=C(C)CC1. The number of ether oxygens (including phenoxy) is 1. The molecule has 3 heteroatoms. The van der Waals surface area contributed by atoms with Crippen LogP contribution in [-0.2, 0) is 6.54 Å². The fourth-order valence-electron chi connectivity index (χ4n) is 2.35. The number of para-hydroxylation sites is 1. The van der Waals surface area contributed by atoms with Gasteiger partial charge in [-0.2, -0.15) is 0 Å². The smallest absolute Gasteiger partial charge is 0.123 e. The van der Waals surface area contributed by atoms with E-state index in [1.807, 2.05) is 6.07 Å². The van der Waals surface area contributed by atoms with Crippen molar-refractivity contribution in [3.63, 3.8) is 0 Å². The normalized spacial score (nSPS) is 16.0. The highest BCUT2D eigenvalue weighted by atomic mass is 16.5. The van der Waals surface area contributed by atoms with E-state index < -0.39 is 0 Å². The van der Waals surface area contributed by atoms with Gasteiger partial charge in [-0.15, -0.1) is 0 Å². The maximum absolute atomic E-state index is 5.96. The summed E-state index contributed by atoms with van der Waals surface area (Å²) in [6.07, 6.45) is 3.51. The lowest BCUT2D eigenvalue weighted by Gasteiger charge is -2.25. The second-order valence-corrected chi connectivity index (χ2v) is 5.34. The van der Waals surface area contributed by atoms with Gasteiger partial charge < -0.3 is 10.1 Å². The first-order chi connectivity index (χ1) is 9.79. The van der Waals surface area contributed by atoms with Crippen molar-refractivity contribution in [2.45, 2.75) is 26.8 Å². The van der Waals surface area contributed by atoms with E-state index in [1.54, 1.807) is 0 Å². The summed E-state index contributed by atoms with van der Waals surface area (Å²) in [7, 11) is 0. The van der Waals surface area contributed by atoms with Gasteiger partial charge in [0.25, 0.3) is 0 Å². The standard InChI is InChI=1S/C17H26N2O/c1-3-18-14-16-6-4-5-7-17(16)20-13-12-19-10-8-15(2)9-11-19/h4-8,18H,3,9-14H2,1-2H3. The van der Waals surface area contributed by atoms with Crippen LogP contribution in [0.4, 0.5) is 0 Å². The van der Waals surface area contributed by atoms with Crippen LogP contribution >= 0.6 is 0 Å². The molecule has 2 rings (SSSR count). The summed E-state index contributed by atoms with van der Waals surface area (Å²) in [5.41, 5.74) is 2.75. The van der Waals surface area contributed by atoms with Crippen LogP contribution in [0.25, 0.3) is 0 Å². The summed E-state index contributed by atoms with van der Waals surface area (Å²) in [6.45, 7) is 10.2. The van der Waals surface area contributed by atoms with E-state index in [4.69, 9.17) is 4.74 Å². The molecular formula is C17H26N2O. The predicted molar refractivity (Wildman–Crippen MR) is 84.1 cm³/mol. The molecule has 1 N–H and O–H groups in total. The first-order valence-corrected chi connectivity index (χ1v) is 7.59.